The summed E-state index contributed by atoms with van der Waals surface area (Å²) in [5.41, 5.74) is 1.25. The molecule has 98 valence electrons. The van der Waals surface area contributed by atoms with Crippen LogP contribution in [0.5, 0.6) is 5.75 Å². The molecule has 2 rings (SSSR count). The van der Waals surface area contributed by atoms with Crippen LogP contribution in [0.4, 0.5) is 14.9 Å². The quantitative estimate of drug-likeness (QED) is 0.743. The SMILES string of the molecule is O=C(NCc1ccccc1)Nc1ccc(O)c(F)c1. The Morgan fingerprint density at radius 3 is 2.58 bits per heavy atom. The van der Waals surface area contributed by atoms with E-state index in [9.17, 15) is 9.18 Å². The number of hydrogen-bond acceptors (Lipinski definition) is 2. The highest BCUT2D eigenvalue weighted by molar-refractivity contribution is 5.89. The number of benzene rings is 2. The van der Waals surface area contributed by atoms with E-state index in [1.54, 1.807) is 0 Å². The second-order valence-corrected chi connectivity index (χ2v) is 3.96. The van der Waals surface area contributed by atoms with Gasteiger partial charge in [0.05, 0.1) is 0 Å². The molecule has 0 aromatic heterocycles. The second-order valence-electron chi connectivity index (χ2n) is 3.96. The lowest BCUT2D eigenvalue weighted by Gasteiger charge is -2.08. The molecule has 0 fully saturated rings. The Hall–Kier alpha value is -2.56. The number of hydrogen-bond donors (Lipinski definition) is 3. The second kappa shape index (κ2) is 5.86. The molecular formula is C14H13FN2O2. The number of rotatable bonds is 3. The van der Waals surface area contributed by atoms with Crippen molar-refractivity contribution in [1.82, 2.24) is 5.32 Å². The Morgan fingerprint density at radius 1 is 1.16 bits per heavy atom. The van der Waals surface area contributed by atoms with Crippen molar-refractivity contribution in [2.24, 2.45) is 0 Å². The molecule has 3 N–H and O–H groups in total. The number of carbonyl (C=O) groups excluding carboxylic acids is 1. The molecule has 0 heterocycles. The first-order valence-corrected chi connectivity index (χ1v) is 5.72. The van der Waals surface area contributed by atoms with Gasteiger partial charge in [0.25, 0.3) is 0 Å². The van der Waals surface area contributed by atoms with Gasteiger partial charge in [0, 0.05) is 18.3 Å². The Balaban J connectivity index is 1.89. The number of urea groups is 1. The monoisotopic (exact) mass is 260 g/mol. The van der Waals surface area contributed by atoms with Gasteiger partial charge in [0.2, 0.25) is 0 Å². The largest absolute Gasteiger partial charge is 0.505 e. The van der Waals surface area contributed by atoms with Crippen molar-refractivity contribution in [3.63, 3.8) is 0 Å². The highest BCUT2D eigenvalue weighted by Gasteiger charge is 2.05. The van der Waals surface area contributed by atoms with Crippen LogP contribution in [-0.2, 0) is 6.54 Å². The lowest BCUT2D eigenvalue weighted by molar-refractivity contribution is 0.251. The van der Waals surface area contributed by atoms with E-state index in [0.29, 0.717) is 6.54 Å². The molecule has 0 radical (unpaired) electrons. The first-order valence-electron chi connectivity index (χ1n) is 5.72. The summed E-state index contributed by atoms with van der Waals surface area (Å²) in [6.45, 7) is 0.382. The number of phenolic OH excluding ortho intramolecular Hbond substituents is 1. The Morgan fingerprint density at radius 2 is 1.89 bits per heavy atom. The molecule has 0 atom stereocenters. The maximum atomic E-state index is 13.1. The third-order valence-corrected chi connectivity index (χ3v) is 2.50. The molecule has 2 aromatic rings. The molecule has 5 heteroatoms. The van der Waals surface area contributed by atoms with Crippen molar-refractivity contribution in [3.8, 4) is 5.75 Å². The fourth-order valence-electron chi connectivity index (χ4n) is 1.54. The fraction of sp³-hybridized carbons (Fsp3) is 0.0714. The zero-order valence-electron chi connectivity index (χ0n) is 10.1. The maximum Gasteiger partial charge on any atom is 0.319 e. The molecule has 0 aliphatic rings. The number of aromatic hydroxyl groups is 1. The van der Waals surface area contributed by atoms with Crippen LogP contribution in [0.2, 0.25) is 0 Å². The van der Waals surface area contributed by atoms with E-state index in [4.69, 9.17) is 5.11 Å². The summed E-state index contributed by atoms with van der Waals surface area (Å²) in [5.74, 6) is -1.23. The molecule has 0 unspecified atom stereocenters. The van der Waals surface area contributed by atoms with E-state index < -0.39 is 17.6 Å². The van der Waals surface area contributed by atoms with Crippen LogP contribution < -0.4 is 10.6 Å². The van der Waals surface area contributed by atoms with Gasteiger partial charge in [-0.05, 0) is 17.7 Å². The third-order valence-electron chi connectivity index (χ3n) is 2.50. The van der Waals surface area contributed by atoms with Gasteiger partial charge in [0.1, 0.15) is 0 Å². The molecule has 0 saturated heterocycles. The van der Waals surface area contributed by atoms with Crippen LogP contribution >= 0.6 is 0 Å². The minimum absolute atomic E-state index is 0.279. The van der Waals surface area contributed by atoms with Crippen molar-refractivity contribution in [2.75, 3.05) is 5.32 Å². The smallest absolute Gasteiger partial charge is 0.319 e. The predicted molar refractivity (Wildman–Crippen MR) is 70.4 cm³/mol. The molecule has 0 aliphatic carbocycles. The van der Waals surface area contributed by atoms with Gasteiger partial charge < -0.3 is 15.7 Å². The minimum atomic E-state index is -0.777. The lowest BCUT2D eigenvalue weighted by Crippen LogP contribution is -2.28. The van der Waals surface area contributed by atoms with Gasteiger partial charge >= 0.3 is 6.03 Å². The molecule has 0 bridgehead atoms. The molecule has 0 aliphatic heterocycles. The summed E-state index contributed by atoms with van der Waals surface area (Å²) in [4.78, 5) is 11.6. The molecule has 19 heavy (non-hydrogen) atoms. The Labute approximate surface area is 109 Å². The Kier molecular flexibility index (Phi) is 3.97. The maximum absolute atomic E-state index is 13.1. The third kappa shape index (κ3) is 3.70. The average Bonchev–Trinajstić information content (AvgIpc) is 2.42. The minimum Gasteiger partial charge on any atom is -0.505 e. The predicted octanol–water partition coefficient (Wildman–Crippen LogP) is 2.85. The lowest BCUT2D eigenvalue weighted by atomic mass is 10.2. The van der Waals surface area contributed by atoms with Crippen molar-refractivity contribution >= 4 is 11.7 Å². The first-order chi connectivity index (χ1) is 9.15. The topological polar surface area (TPSA) is 61.4 Å². The van der Waals surface area contributed by atoms with Crippen LogP contribution in [0, 0.1) is 5.82 Å². The van der Waals surface area contributed by atoms with Crippen molar-refractivity contribution in [3.05, 3.63) is 59.9 Å². The zero-order valence-corrected chi connectivity index (χ0v) is 10.1. The number of carbonyl (C=O) groups is 1. The van der Waals surface area contributed by atoms with Crippen molar-refractivity contribution in [2.45, 2.75) is 6.54 Å². The number of amides is 2. The highest BCUT2D eigenvalue weighted by atomic mass is 19.1. The van der Waals surface area contributed by atoms with Crippen molar-refractivity contribution in [1.29, 1.82) is 0 Å². The van der Waals surface area contributed by atoms with Gasteiger partial charge in [-0.2, -0.15) is 0 Å². The summed E-state index contributed by atoms with van der Waals surface area (Å²) in [6, 6.07) is 12.6. The number of halogens is 1. The van der Waals surface area contributed by atoms with Gasteiger partial charge in [0.15, 0.2) is 11.6 Å². The fourth-order valence-corrected chi connectivity index (χ4v) is 1.54. The summed E-state index contributed by atoms with van der Waals surface area (Å²) in [7, 11) is 0. The van der Waals surface area contributed by atoms with E-state index >= 15 is 0 Å². The molecule has 4 nitrogen and oxygen atoms in total. The summed E-state index contributed by atoms with van der Waals surface area (Å²) < 4.78 is 13.1. The standard InChI is InChI=1S/C14H13FN2O2/c15-12-8-11(6-7-13(12)18)17-14(19)16-9-10-4-2-1-3-5-10/h1-8,18H,9H2,(H2,16,17,19). The number of nitrogens with one attached hydrogen (secondary N) is 2. The Bertz CT molecular complexity index is 573. The molecule has 0 spiro atoms. The van der Waals surface area contributed by atoms with Gasteiger partial charge in [-0.25, -0.2) is 9.18 Å². The van der Waals surface area contributed by atoms with Crippen LogP contribution in [0.1, 0.15) is 5.56 Å². The van der Waals surface area contributed by atoms with E-state index in [2.05, 4.69) is 10.6 Å². The summed E-state index contributed by atoms with van der Waals surface area (Å²) in [5, 5.41) is 14.2. The van der Waals surface area contributed by atoms with Crippen LogP contribution in [-0.4, -0.2) is 11.1 Å². The molecule has 2 aromatic carbocycles. The van der Waals surface area contributed by atoms with Gasteiger partial charge in [-0.1, -0.05) is 30.3 Å². The number of anilines is 1. The van der Waals surface area contributed by atoms with E-state index in [0.717, 1.165) is 11.6 Å². The molecule has 0 saturated carbocycles. The molecule has 2 amide bonds. The summed E-state index contributed by atoms with van der Waals surface area (Å²) in [6.07, 6.45) is 0. The normalized spacial score (nSPS) is 9.95. The highest BCUT2D eigenvalue weighted by Crippen LogP contribution is 2.19. The number of phenols is 1. The van der Waals surface area contributed by atoms with E-state index in [1.165, 1.54) is 12.1 Å². The van der Waals surface area contributed by atoms with Crippen molar-refractivity contribution < 1.29 is 14.3 Å². The average molecular weight is 260 g/mol. The zero-order chi connectivity index (χ0) is 13.7. The van der Waals surface area contributed by atoms with Gasteiger partial charge in [-0.15, -0.1) is 0 Å². The molecular weight excluding hydrogens is 247 g/mol. The van der Waals surface area contributed by atoms with Crippen LogP contribution in [0.25, 0.3) is 0 Å². The first kappa shape index (κ1) is 12.9. The van der Waals surface area contributed by atoms with Gasteiger partial charge in [-0.3, -0.25) is 0 Å². The van der Waals surface area contributed by atoms with E-state index in [-0.39, 0.29) is 5.69 Å². The van der Waals surface area contributed by atoms with E-state index in [1.807, 2.05) is 30.3 Å². The summed E-state index contributed by atoms with van der Waals surface area (Å²) >= 11 is 0. The van der Waals surface area contributed by atoms with Crippen LogP contribution in [0.15, 0.2) is 48.5 Å². The van der Waals surface area contributed by atoms with Crippen LogP contribution in [0.3, 0.4) is 0 Å².